The molecule has 4 heteroatoms. The van der Waals surface area contributed by atoms with Crippen molar-refractivity contribution in [2.24, 2.45) is 0 Å². The summed E-state index contributed by atoms with van der Waals surface area (Å²) in [5.74, 6) is -0.0908. The summed E-state index contributed by atoms with van der Waals surface area (Å²) in [5.41, 5.74) is 3.36. The van der Waals surface area contributed by atoms with Crippen molar-refractivity contribution < 1.29 is 9.53 Å². The molecule has 0 aromatic heterocycles. The molecule has 0 saturated carbocycles. The van der Waals surface area contributed by atoms with Gasteiger partial charge >= 0.3 is 5.97 Å². The quantitative estimate of drug-likeness (QED) is 0.183. The molecule has 0 N–H and O–H groups in total. The van der Waals surface area contributed by atoms with Gasteiger partial charge in [0.1, 0.15) is 0 Å². The third-order valence-corrected chi connectivity index (χ3v) is 13.3. The van der Waals surface area contributed by atoms with Crippen LogP contribution in [-0.2, 0) is 22.6 Å². The van der Waals surface area contributed by atoms with Gasteiger partial charge in [-0.15, -0.1) is 0 Å². The molecule has 3 nitrogen and oxygen atoms in total. The Morgan fingerprint density at radius 1 is 0.839 bits per heavy atom. The standard InChI is InChI=1S/C27H41NO2Si/c1-5-31(6-2,7-3)26(20-14-15-21-27(29)30-4)28(22-24-16-10-8-11-17-24)23-25-18-12-9-13-19-25/h8-13,16-19,26H,5-7,14-15,20-23H2,1-4H3. The predicted molar refractivity (Wildman–Crippen MR) is 134 cm³/mol. The Kier molecular flexibility index (Phi) is 11.0. The molecule has 0 aliphatic carbocycles. The van der Waals surface area contributed by atoms with E-state index in [1.54, 1.807) is 0 Å². The lowest BCUT2D eigenvalue weighted by atomic mass is 10.1. The van der Waals surface area contributed by atoms with Gasteiger partial charge in [-0.25, -0.2) is 0 Å². The Morgan fingerprint density at radius 3 is 1.74 bits per heavy atom. The van der Waals surface area contributed by atoms with Gasteiger partial charge < -0.3 is 4.74 Å². The van der Waals surface area contributed by atoms with Crippen LogP contribution < -0.4 is 0 Å². The molecule has 170 valence electrons. The van der Waals surface area contributed by atoms with Crippen LogP contribution >= 0.6 is 0 Å². The molecule has 0 fully saturated rings. The lowest BCUT2D eigenvalue weighted by molar-refractivity contribution is -0.140. The summed E-state index contributed by atoms with van der Waals surface area (Å²) in [6.07, 6.45) is 3.68. The van der Waals surface area contributed by atoms with Crippen LogP contribution in [0.2, 0.25) is 18.1 Å². The summed E-state index contributed by atoms with van der Waals surface area (Å²) in [4.78, 5) is 14.4. The average molecular weight is 440 g/mol. The first-order chi connectivity index (χ1) is 15.1. The van der Waals surface area contributed by atoms with Crippen LogP contribution in [0.1, 0.15) is 57.6 Å². The minimum absolute atomic E-state index is 0.0908. The van der Waals surface area contributed by atoms with Gasteiger partial charge in [0.25, 0.3) is 0 Å². The third kappa shape index (κ3) is 7.62. The molecule has 2 rings (SSSR count). The zero-order valence-electron chi connectivity index (χ0n) is 20.0. The molecule has 0 heterocycles. The van der Waals surface area contributed by atoms with E-state index in [4.69, 9.17) is 4.74 Å². The minimum atomic E-state index is -1.49. The van der Waals surface area contributed by atoms with E-state index in [-0.39, 0.29) is 5.97 Å². The second kappa shape index (κ2) is 13.5. The van der Waals surface area contributed by atoms with E-state index < -0.39 is 8.07 Å². The Morgan fingerprint density at radius 2 is 1.32 bits per heavy atom. The molecule has 0 bridgehead atoms. The highest BCUT2D eigenvalue weighted by molar-refractivity contribution is 6.81. The first-order valence-electron chi connectivity index (χ1n) is 12.0. The number of rotatable bonds is 14. The maximum Gasteiger partial charge on any atom is 0.305 e. The number of benzene rings is 2. The normalized spacial score (nSPS) is 12.7. The molecule has 2 aromatic carbocycles. The molecule has 0 amide bonds. The Bertz CT molecular complexity index is 697. The first kappa shape index (κ1) is 25.3. The third-order valence-electron chi connectivity index (χ3n) is 7.05. The van der Waals surface area contributed by atoms with Crippen molar-refractivity contribution >= 4 is 14.0 Å². The summed E-state index contributed by atoms with van der Waals surface area (Å²) in [6, 6.07) is 25.7. The highest BCUT2D eigenvalue weighted by Gasteiger charge is 2.39. The second-order valence-corrected chi connectivity index (χ2v) is 14.1. The van der Waals surface area contributed by atoms with Crippen LogP contribution in [0.4, 0.5) is 0 Å². The molecular formula is C27H41NO2Si. The van der Waals surface area contributed by atoms with Crippen LogP contribution in [0.3, 0.4) is 0 Å². The summed E-state index contributed by atoms with van der Waals surface area (Å²) < 4.78 is 4.85. The first-order valence-corrected chi connectivity index (χ1v) is 14.7. The highest BCUT2D eigenvalue weighted by atomic mass is 28.3. The Hall–Kier alpha value is -1.91. The predicted octanol–water partition coefficient (Wildman–Crippen LogP) is 6.84. The SMILES string of the molecule is CC[Si](CC)(CC)C(CCCCC(=O)OC)N(Cc1ccccc1)Cc1ccccc1. The van der Waals surface area contributed by atoms with Crippen molar-refractivity contribution in [1.82, 2.24) is 4.90 Å². The molecule has 0 saturated heterocycles. The maximum absolute atomic E-state index is 11.6. The van der Waals surface area contributed by atoms with Crippen molar-refractivity contribution in [3.63, 3.8) is 0 Å². The monoisotopic (exact) mass is 439 g/mol. The molecule has 0 radical (unpaired) electrons. The van der Waals surface area contributed by atoms with Gasteiger partial charge in [-0.3, -0.25) is 9.69 Å². The molecule has 31 heavy (non-hydrogen) atoms. The molecule has 2 aromatic rings. The highest BCUT2D eigenvalue weighted by Crippen LogP contribution is 2.33. The van der Waals surface area contributed by atoms with Gasteiger partial charge in [0.05, 0.1) is 15.2 Å². The lowest BCUT2D eigenvalue weighted by Crippen LogP contribution is -2.55. The van der Waals surface area contributed by atoms with Gasteiger partial charge in [-0.2, -0.15) is 0 Å². The zero-order valence-corrected chi connectivity index (χ0v) is 21.0. The number of unbranched alkanes of at least 4 members (excludes halogenated alkanes) is 1. The molecule has 0 aliphatic rings. The number of esters is 1. The van der Waals surface area contributed by atoms with Crippen molar-refractivity contribution in [3.8, 4) is 0 Å². The van der Waals surface area contributed by atoms with E-state index >= 15 is 0 Å². The fraction of sp³-hybridized carbons (Fsp3) is 0.519. The number of carbonyl (C=O) groups is 1. The van der Waals surface area contributed by atoms with E-state index in [0.29, 0.717) is 12.1 Å². The summed E-state index contributed by atoms with van der Waals surface area (Å²) in [6.45, 7) is 9.18. The maximum atomic E-state index is 11.6. The van der Waals surface area contributed by atoms with Crippen LogP contribution in [0.25, 0.3) is 0 Å². The number of carbonyl (C=O) groups excluding carboxylic acids is 1. The summed E-state index contributed by atoms with van der Waals surface area (Å²) in [7, 11) is -0.0114. The van der Waals surface area contributed by atoms with Crippen molar-refractivity contribution in [2.75, 3.05) is 7.11 Å². The summed E-state index contributed by atoms with van der Waals surface area (Å²) in [5, 5.41) is 0. The van der Waals surface area contributed by atoms with Gasteiger partial charge in [0.15, 0.2) is 0 Å². The minimum Gasteiger partial charge on any atom is -0.469 e. The van der Waals surface area contributed by atoms with Gasteiger partial charge in [0.2, 0.25) is 0 Å². The van der Waals surface area contributed by atoms with Crippen LogP contribution in [-0.4, -0.2) is 31.7 Å². The van der Waals surface area contributed by atoms with E-state index in [1.165, 1.54) is 42.8 Å². The van der Waals surface area contributed by atoms with Crippen molar-refractivity contribution in [1.29, 1.82) is 0 Å². The van der Waals surface area contributed by atoms with Crippen LogP contribution in [0, 0.1) is 0 Å². The van der Waals surface area contributed by atoms with Crippen molar-refractivity contribution in [3.05, 3.63) is 71.8 Å². The second-order valence-electron chi connectivity index (χ2n) is 8.64. The molecule has 1 unspecified atom stereocenters. The molecular weight excluding hydrogens is 398 g/mol. The number of nitrogens with zero attached hydrogens (tertiary/aromatic N) is 1. The smallest absolute Gasteiger partial charge is 0.305 e. The number of hydrogen-bond donors (Lipinski definition) is 0. The molecule has 0 spiro atoms. The zero-order chi connectivity index (χ0) is 22.5. The van der Waals surface area contributed by atoms with Gasteiger partial charge in [-0.1, -0.05) is 106 Å². The summed E-state index contributed by atoms with van der Waals surface area (Å²) >= 11 is 0. The molecule has 1 atom stereocenters. The van der Waals surface area contributed by atoms with E-state index in [0.717, 1.165) is 25.9 Å². The number of hydrogen-bond acceptors (Lipinski definition) is 3. The Balaban J connectivity index is 2.31. The molecule has 0 aliphatic heterocycles. The average Bonchev–Trinajstić information content (AvgIpc) is 2.82. The fourth-order valence-corrected chi connectivity index (χ4v) is 9.64. The van der Waals surface area contributed by atoms with E-state index in [2.05, 4.69) is 86.3 Å². The van der Waals surface area contributed by atoms with Crippen LogP contribution in [0.5, 0.6) is 0 Å². The van der Waals surface area contributed by atoms with Gasteiger partial charge in [-0.05, 0) is 24.0 Å². The fourth-order valence-electron chi connectivity index (χ4n) is 4.95. The Labute approximate surface area is 190 Å². The van der Waals surface area contributed by atoms with E-state index in [1.807, 2.05) is 0 Å². The van der Waals surface area contributed by atoms with E-state index in [9.17, 15) is 4.79 Å². The number of ether oxygens (including phenoxy) is 1. The van der Waals surface area contributed by atoms with Crippen LogP contribution in [0.15, 0.2) is 60.7 Å². The van der Waals surface area contributed by atoms with Crippen molar-refractivity contribution in [2.45, 2.75) is 83.3 Å². The largest absolute Gasteiger partial charge is 0.469 e. The number of methoxy groups -OCH3 is 1. The lowest BCUT2D eigenvalue weighted by Gasteiger charge is -2.45. The topological polar surface area (TPSA) is 29.5 Å². The van der Waals surface area contributed by atoms with Gasteiger partial charge in [0, 0.05) is 25.2 Å².